The first-order valence-electron chi connectivity index (χ1n) is 8.91. The standard InChI is InChI=1S/C19H27N3OS/c1-4-5-6-8-13(2)21-18(23)12-24-19-16(11-20)14(3)15-9-7-10-17(15)22-19/h13H,4-10,12H2,1-3H3,(H,21,23). The van der Waals surface area contributed by atoms with E-state index in [-0.39, 0.29) is 11.9 Å². The van der Waals surface area contributed by atoms with Gasteiger partial charge in [0.2, 0.25) is 5.91 Å². The van der Waals surface area contributed by atoms with Crippen LogP contribution in [-0.2, 0) is 17.6 Å². The Kier molecular flexibility index (Phi) is 7.11. The van der Waals surface area contributed by atoms with Gasteiger partial charge in [-0.05, 0) is 50.7 Å². The molecule has 0 radical (unpaired) electrons. The van der Waals surface area contributed by atoms with Crippen LogP contribution in [0, 0.1) is 18.3 Å². The molecule has 1 atom stereocenters. The van der Waals surface area contributed by atoms with Gasteiger partial charge in [0, 0.05) is 11.7 Å². The van der Waals surface area contributed by atoms with E-state index in [0.717, 1.165) is 43.4 Å². The summed E-state index contributed by atoms with van der Waals surface area (Å²) in [6, 6.07) is 2.48. The van der Waals surface area contributed by atoms with E-state index in [4.69, 9.17) is 0 Å². The van der Waals surface area contributed by atoms with Gasteiger partial charge >= 0.3 is 0 Å². The Bertz CT molecular complexity index is 636. The van der Waals surface area contributed by atoms with Gasteiger partial charge in [-0.3, -0.25) is 4.79 Å². The Labute approximate surface area is 149 Å². The predicted molar refractivity (Wildman–Crippen MR) is 98.2 cm³/mol. The Morgan fingerprint density at radius 3 is 2.92 bits per heavy atom. The fourth-order valence-electron chi connectivity index (χ4n) is 3.20. The number of amides is 1. The lowest BCUT2D eigenvalue weighted by molar-refractivity contribution is -0.119. The van der Waals surface area contributed by atoms with Gasteiger partial charge in [0.1, 0.15) is 11.1 Å². The fraction of sp³-hybridized carbons (Fsp3) is 0.632. The average molecular weight is 346 g/mol. The lowest BCUT2D eigenvalue weighted by atomic mass is 10.0. The highest BCUT2D eigenvalue weighted by atomic mass is 32.2. The Morgan fingerprint density at radius 1 is 1.42 bits per heavy atom. The van der Waals surface area contributed by atoms with Crippen LogP contribution in [0.5, 0.6) is 0 Å². The van der Waals surface area contributed by atoms with Crippen LogP contribution in [-0.4, -0.2) is 22.7 Å². The second kappa shape index (κ2) is 9.08. The molecule has 1 amide bonds. The maximum Gasteiger partial charge on any atom is 0.230 e. The van der Waals surface area contributed by atoms with Gasteiger partial charge in [-0.2, -0.15) is 5.26 Å². The van der Waals surface area contributed by atoms with Crippen molar-refractivity contribution in [3.8, 4) is 6.07 Å². The number of aromatic nitrogens is 1. The smallest absolute Gasteiger partial charge is 0.230 e. The number of nitrogens with zero attached hydrogens (tertiary/aromatic N) is 2. The molecule has 0 aromatic carbocycles. The molecule has 0 saturated carbocycles. The van der Waals surface area contributed by atoms with Crippen molar-refractivity contribution in [3.05, 3.63) is 22.4 Å². The number of unbranched alkanes of at least 4 members (excludes halogenated alkanes) is 2. The number of carbonyl (C=O) groups excluding carboxylic acids is 1. The van der Waals surface area contributed by atoms with Crippen LogP contribution in [0.2, 0.25) is 0 Å². The topological polar surface area (TPSA) is 65.8 Å². The molecule has 0 spiro atoms. The van der Waals surface area contributed by atoms with Crippen LogP contribution < -0.4 is 5.32 Å². The molecule has 0 saturated heterocycles. The van der Waals surface area contributed by atoms with Crippen molar-refractivity contribution in [1.29, 1.82) is 5.26 Å². The number of nitrogens with one attached hydrogen (secondary N) is 1. The van der Waals surface area contributed by atoms with Crippen LogP contribution in [0.25, 0.3) is 0 Å². The maximum atomic E-state index is 12.1. The van der Waals surface area contributed by atoms with Crippen LogP contribution in [0.3, 0.4) is 0 Å². The molecule has 5 heteroatoms. The van der Waals surface area contributed by atoms with Crippen molar-refractivity contribution in [2.45, 2.75) is 76.8 Å². The number of nitriles is 1. The molecule has 0 bridgehead atoms. The largest absolute Gasteiger partial charge is 0.353 e. The van der Waals surface area contributed by atoms with Gasteiger partial charge in [-0.1, -0.05) is 37.9 Å². The van der Waals surface area contributed by atoms with Gasteiger partial charge in [0.25, 0.3) is 0 Å². The number of fused-ring (bicyclic) bond motifs is 1. The molecule has 0 aliphatic heterocycles. The highest BCUT2D eigenvalue weighted by molar-refractivity contribution is 8.00. The van der Waals surface area contributed by atoms with Gasteiger partial charge in [-0.25, -0.2) is 4.98 Å². The summed E-state index contributed by atoms with van der Waals surface area (Å²) < 4.78 is 0. The zero-order valence-corrected chi connectivity index (χ0v) is 15.8. The third kappa shape index (κ3) is 4.73. The molecule has 2 rings (SSSR count). The average Bonchev–Trinajstić information content (AvgIpc) is 3.02. The number of carbonyl (C=O) groups is 1. The lowest BCUT2D eigenvalue weighted by Crippen LogP contribution is -2.33. The van der Waals surface area contributed by atoms with Crippen molar-refractivity contribution in [2.75, 3.05) is 5.75 Å². The summed E-state index contributed by atoms with van der Waals surface area (Å²) in [5, 5.41) is 13.2. The molecule has 24 heavy (non-hydrogen) atoms. The number of thioether (sulfide) groups is 1. The molecular weight excluding hydrogens is 318 g/mol. The minimum atomic E-state index is 0.0211. The molecule has 1 aliphatic carbocycles. The second-order valence-electron chi connectivity index (χ2n) is 6.56. The van der Waals surface area contributed by atoms with Crippen LogP contribution in [0.4, 0.5) is 0 Å². The number of aryl methyl sites for hydroxylation is 1. The Hall–Kier alpha value is -1.54. The van der Waals surface area contributed by atoms with E-state index in [0.29, 0.717) is 16.3 Å². The van der Waals surface area contributed by atoms with E-state index in [1.807, 2.05) is 6.92 Å². The number of pyridine rings is 1. The fourth-order valence-corrected chi connectivity index (χ4v) is 4.07. The van der Waals surface area contributed by atoms with Gasteiger partial charge < -0.3 is 5.32 Å². The second-order valence-corrected chi connectivity index (χ2v) is 7.52. The molecule has 1 aromatic rings. The summed E-state index contributed by atoms with van der Waals surface area (Å²) in [6.07, 6.45) is 7.67. The minimum Gasteiger partial charge on any atom is -0.353 e. The molecule has 1 aromatic heterocycles. The molecule has 1 heterocycles. The zero-order valence-electron chi connectivity index (χ0n) is 14.9. The monoisotopic (exact) mass is 345 g/mol. The summed E-state index contributed by atoms with van der Waals surface area (Å²) >= 11 is 1.38. The Morgan fingerprint density at radius 2 is 2.21 bits per heavy atom. The number of hydrogen-bond acceptors (Lipinski definition) is 4. The van der Waals surface area contributed by atoms with E-state index in [1.54, 1.807) is 0 Å². The van der Waals surface area contributed by atoms with E-state index >= 15 is 0 Å². The molecule has 1 N–H and O–H groups in total. The third-order valence-corrected chi connectivity index (χ3v) is 5.54. The Balaban J connectivity index is 1.93. The van der Waals surface area contributed by atoms with Gasteiger partial charge in [-0.15, -0.1) is 0 Å². The van der Waals surface area contributed by atoms with E-state index in [2.05, 4.69) is 30.2 Å². The summed E-state index contributed by atoms with van der Waals surface area (Å²) in [6.45, 7) is 6.24. The van der Waals surface area contributed by atoms with Crippen molar-refractivity contribution in [3.63, 3.8) is 0 Å². The van der Waals surface area contributed by atoms with Crippen LogP contribution in [0.15, 0.2) is 5.03 Å². The van der Waals surface area contributed by atoms with Crippen molar-refractivity contribution in [2.24, 2.45) is 0 Å². The van der Waals surface area contributed by atoms with Crippen LogP contribution in [0.1, 0.15) is 68.3 Å². The third-order valence-electron chi connectivity index (χ3n) is 4.57. The SMILES string of the molecule is CCCCCC(C)NC(=O)CSc1nc2c(c(C)c1C#N)CCC2. The van der Waals surface area contributed by atoms with Crippen molar-refractivity contribution in [1.82, 2.24) is 10.3 Å². The van der Waals surface area contributed by atoms with Crippen LogP contribution >= 0.6 is 11.8 Å². The highest BCUT2D eigenvalue weighted by Crippen LogP contribution is 2.31. The lowest BCUT2D eigenvalue weighted by Gasteiger charge is -2.14. The molecule has 0 fully saturated rings. The maximum absolute atomic E-state index is 12.1. The predicted octanol–water partition coefficient (Wildman–Crippen LogP) is 3.93. The van der Waals surface area contributed by atoms with Gasteiger partial charge in [0.15, 0.2) is 0 Å². The molecule has 4 nitrogen and oxygen atoms in total. The first-order valence-corrected chi connectivity index (χ1v) is 9.90. The normalized spacial score (nSPS) is 14.1. The number of rotatable bonds is 8. The summed E-state index contributed by atoms with van der Waals surface area (Å²) in [5.41, 5.74) is 4.05. The molecule has 1 aliphatic rings. The summed E-state index contributed by atoms with van der Waals surface area (Å²) in [5.74, 6) is 0.339. The first kappa shape index (κ1) is 18.8. The zero-order chi connectivity index (χ0) is 17.5. The first-order chi connectivity index (χ1) is 11.6. The van der Waals surface area contributed by atoms with Crippen molar-refractivity contribution >= 4 is 17.7 Å². The minimum absolute atomic E-state index is 0.0211. The summed E-state index contributed by atoms with van der Waals surface area (Å²) in [4.78, 5) is 16.8. The molecular formula is C19H27N3OS. The molecule has 1 unspecified atom stereocenters. The van der Waals surface area contributed by atoms with Gasteiger partial charge in [0.05, 0.1) is 11.3 Å². The quantitative estimate of drug-likeness (QED) is 0.573. The van der Waals surface area contributed by atoms with E-state index < -0.39 is 0 Å². The van der Waals surface area contributed by atoms with E-state index in [1.165, 1.54) is 30.2 Å². The highest BCUT2D eigenvalue weighted by Gasteiger charge is 2.21. The van der Waals surface area contributed by atoms with E-state index in [9.17, 15) is 10.1 Å². The number of hydrogen-bond donors (Lipinski definition) is 1. The summed E-state index contributed by atoms with van der Waals surface area (Å²) in [7, 11) is 0. The van der Waals surface area contributed by atoms with Crippen molar-refractivity contribution < 1.29 is 4.79 Å². The molecule has 130 valence electrons.